The standard InChI is InChI=1S/C27H30F3N3O/c1-34-21-9-11-27-23(14-21)22(25(30)16-33-27)15-26(31)17-4-7-20(8-5-17)32-12-2-3-18-13-19(28)6-10-24(18)29/h2-3,6,9-11,13-14,16-17,20,26,32H,4-5,7-8,12,15,31H2,1H3/b3-2+. The molecule has 0 saturated heterocycles. The van der Waals surface area contributed by atoms with Crippen molar-refractivity contribution in [3.63, 3.8) is 0 Å². The molecular weight excluding hydrogens is 439 g/mol. The summed E-state index contributed by atoms with van der Waals surface area (Å²) in [4.78, 5) is 4.19. The molecule has 1 aliphatic carbocycles. The number of nitrogens with two attached hydrogens (primary N) is 1. The molecule has 1 aromatic heterocycles. The van der Waals surface area contributed by atoms with E-state index >= 15 is 0 Å². The Hall–Kier alpha value is -2.90. The first kappa shape index (κ1) is 24.2. The molecule has 0 aliphatic heterocycles. The lowest BCUT2D eigenvalue weighted by Gasteiger charge is -2.32. The zero-order valence-corrected chi connectivity index (χ0v) is 19.2. The van der Waals surface area contributed by atoms with E-state index in [1.54, 1.807) is 19.3 Å². The van der Waals surface area contributed by atoms with Gasteiger partial charge in [0.05, 0.1) is 18.8 Å². The van der Waals surface area contributed by atoms with Crippen LogP contribution in [-0.2, 0) is 6.42 Å². The van der Waals surface area contributed by atoms with Gasteiger partial charge >= 0.3 is 0 Å². The number of halogens is 3. The van der Waals surface area contributed by atoms with E-state index in [4.69, 9.17) is 10.5 Å². The summed E-state index contributed by atoms with van der Waals surface area (Å²) in [6, 6.07) is 9.07. The second-order valence-corrected chi connectivity index (χ2v) is 8.92. The van der Waals surface area contributed by atoms with Crippen molar-refractivity contribution in [2.24, 2.45) is 11.7 Å². The Morgan fingerprint density at radius 3 is 2.65 bits per heavy atom. The minimum absolute atomic E-state index is 0.150. The highest BCUT2D eigenvalue weighted by Crippen LogP contribution is 2.30. The molecule has 4 nitrogen and oxygen atoms in total. The minimum atomic E-state index is -0.456. The number of rotatable bonds is 8. The lowest BCUT2D eigenvalue weighted by atomic mass is 9.79. The summed E-state index contributed by atoms with van der Waals surface area (Å²) in [6.45, 7) is 0.577. The van der Waals surface area contributed by atoms with E-state index in [1.807, 2.05) is 18.2 Å². The van der Waals surface area contributed by atoms with Crippen LogP contribution in [0.25, 0.3) is 17.0 Å². The summed E-state index contributed by atoms with van der Waals surface area (Å²) in [5.41, 5.74) is 8.11. The van der Waals surface area contributed by atoms with Crippen LogP contribution < -0.4 is 15.8 Å². The van der Waals surface area contributed by atoms with Gasteiger partial charge in [0.25, 0.3) is 0 Å². The van der Waals surface area contributed by atoms with Crippen molar-refractivity contribution in [2.45, 2.75) is 44.2 Å². The molecule has 0 spiro atoms. The number of benzene rings is 2. The van der Waals surface area contributed by atoms with Gasteiger partial charge in [-0.1, -0.05) is 12.2 Å². The largest absolute Gasteiger partial charge is 0.497 e. The molecule has 1 atom stereocenters. The zero-order valence-electron chi connectivity index (χ0n) is 19.2. The Morgan fingerprint density at radius 1 is 1.09 bits per heavy atom. The normalized spacial score (nSPS) is 19.6. The van der Waals surface area contributed by atoms with Crippen LogP contribution in [0.3, 0.4) is 0 Å². The molecule has 1 unspecified atom stereocenters. The minimum Gasteiger partial charge on any atom is -0.497 e. The fourth-order valence-electron chi connectivity index (χ4n) is 4.75. The molecule has 1 aliphatic rings. The first-order valence-electron chi connectivity index (χ1n) is 11.7. The van der Waals surface area contributed by atoms with Crippen molar-refractivity contribution in [3.05, 3.63) is 77.2 Å². The van der Waals surface area contributed by atoms with Crippen LogP contribution in [0.5, 0.6) is 5.75 Å². The predicted molar refractivity (Wildman–Crippen MR) is 129 cm³/mol. The molecule has 4 rings (SSSR count). The monoisotopic (exact) mass is 469 g/mol. The van der Waals surface area contributed by atoms with Gasteiger partial charge in [-0.25, -0.2) is 13.2 Å². The predicted octanol–water partition coefficient (Wildman–Crippen LogP) is 5.39. The molecule has 3 N–H and O–H groups in total. The summed E-state index contributed by atoms with van der Waals surface area (Å²) in [7, 11) is 1.58. The summed E-state index contributed by atoms with van der Waals surface area (Å²) < 4.78 is 46.9. The van der Waals surface area contributed by atoms with Crippen molar-refractivity contribution in [1.29, 1.82) is 0 Å². The van der Waals surface area contributed by atoms with E-state index in [1.165, 1.54) is 12.3 Å². The van der Waals surface area contributed by atoms with Crippen molar-refractivity contribution in [3.8, 4) is 5.75 Å². The maximum absolute atomic E-state index is 14.7. The molecule has 7 heteroatoms. The van der Waals surface area contributed by atoms with Gasteiger partial charge in [0.15, 0.2) is 0 Å². The molecule has 1 saturated carbocycles. The zero-order chi connectivity index (χ0) is 24.1. The van der Waals surface area contributed by atoms with E-state index < -0.39 is 11.6 Å². The Labute approximate surface area is 198 Å². The highest BCUT2D eigenvalue weighted by Gasteiger charge is 2.26. The van der Waals surface area contributed by atoms with Crippen LogP contribution in [0.2, 0.25) is 0 Å². The molecular formula is C27H30F3N3O. The van der Waals surface area contributed by atoms with Gasteiger partial charge in [0, 0.05) is 35.1 Å². The Bertz CT molecular complexity index is 1160. The van der Waals surface area contributed by atoms with Gasteiger partial charge in [-0.2, -0.15) is 0 Å². The number of aromatic nitrogens is 1. The second kappa shape index (κ2) is 11.0. The van der Waals surface area contributed by atoms with E-state index in [0.717, 1.165) is 48.7 Å². The maximum Gasteiger partial charge on any atom is 0.145 e. The average Bonchev–Trinajstić information content (AvgIpc) is 2.85. The highest BCUT2D eigenvalue weighted by atomic mass is 19.1. The number of nitrogens with zero attached hydrogens (tertiary/aromatic N) is 1. The molecule has 0 bridgehead atoms. The van der Waals surface area contributed by atoms with E-state index in [9.17, 15) is 13.2 Å². The number of methoxy groups -OCH3 is 1. The topological polar surface area (TPSA) is 60.2 Å². The molecule has 3 aromatic rings. The Balaban J connectivity index is 1.30. The lowest BCUT2D eigenvalue weighted by Crippen LogP contribution is -2.40. The van der Waals surface area contributed by atoms with Crippen LogP contribution >= 0.6 is 0 Å². The van der Waals surface area contributed by atoms with Crippen LogP contribution in [-0.4, -0.2) is 30.7 Å². The summed E-state index contributed by atoms with van der Waals surface area (Å²) in [5.74, 6) is -0.266. The van der Waals surface area contributed by atoms with Crippen molar-refractivity contribution >= 4 is 17.0 Å². The first-order chi connectivity index (χ1) is 16.4. The quantitative estimate of drug-likeness (QED) is 0.464. The second-order valence-electron chi connectivity index (χ2n) is 8.92. The summed E-state index contributed by atoms with van der Waals surface area (Å²) >= 11 is 0. The maximum atomic E-state index is 14.7. The van der Waals surface area contributed by atoms with E-state index in [2.05, 4.69) is 10.3 Å². The SMILES string of the molecule is COc1ccc2ncc(F)c(CC(N)C3CCC(NC/C=C/c4cc(F)ccc4F)CC3)c2c1. The molecule has 1 heterocycles. The van der Waals surface area contributed by atoms with Crippen LogP contribution in [0.15, 0.2) is 48.7 Å². The number of fused-ring (bicyclic) bond motifs is 1. The van der Waals surface area contributed by atoms with Crippen LogP contribution in [0, 0.1) is 23.4 Å². The van der Waals surface area contributed by atoms with E-state index in [-0.39, 0.29) is 17.4 Å². The number of hydrogen-bond donors (Lipinski definition) is 2. The summed E-state index contributed by atoms with van der Waals surface area (Å²) in [6.07, 6.45) is 8.95. The molecule has 0 amide bonds. The molecule has 180 valence electrons. The van der Waals surface area contributed by atoms with Gasteiger partial charge in [-0.05, 0) is 74.4 Å². The van der Waals surface area contributed by atoms with Crippen LogP contribution in [0.1, 0.15) is 36.8 Å². The molecule has 1 fully saturated rings. The van der Waals surface area contributed by atoms with Crippen LogP contribution in [0.4, 0.5) is 13.2 Å². The summed E-state index contributed by atoms with van der Waals surface area (Å²) in [5, 5.41) is 4.20. The fourth-order valence-corrected chi connectivity index (χ4v) is 4.75. The van der Waals surface area contributed by atoms with Gasteiger partial charge in [0.2, 0.25) is 0 Å². The number of pyridine rings is 1. The van der Waals surface area contributed by atoms with E-state index in [0.29, 0.717) is 36.2 Å². The van der Waals surface area contributed by atoms with Gasteiger partial charge in [0.1, 0.15) is 23.2 Å². The van der Waals surface area contributed by atoms with Crippen molar-refractivity contribution in [1.82, 2.24) is 10.3 Å². The first-order valence-corrected chi connectivity index (χ1v) is 11.7. The molecule has 34 heavy (non-hydrogen) atoms. The third-order valence-electron chi connectivity index (χ3n) is 6.73. The van der Waals surface area contributed by atoms with Gasteiger partial charge in [-0.15, -0.1) is 0 Å². The highest BCUT2D eigenvalue weighted by molar-refractivity contribution is 5.83. The molecule has 0 radical (unpaired) electrons. The Kier molecular flexibility index (Phi) is 7.85. The third kappa shape index (κ3) is 5.77. The lowest BCUT2D eigenvalue weighted by molar-refractivity contribution is 0.260. The van der Waals surface area contributed by atoms with Crippen molar-refractivity contribution < 1.29 is 17.9 Å². The fraction of sp³-hybridized carbons (Fsp3) is 0.370. The third-order valence-corrected chi connectivity index (χ3v) is 6.73. The average molecular weight is 470 g/mol. The van der Waals surface area contributed by atoms with Gasteiger partial charge < -0.3 is 15.8 Å². The molecule has 2 aromatic carbocycles. The van der Waals surface area contributed by atoms with Gasteiger partial charge in [-0.3, -0.25) is 4.98 Å². The number of ether oxygens (including phenoxy) is 1. The van der Waals surface area contributed by atoms with Crippen molar-refractivity contribution in [2.75, 3.05) is 13.7 Å². The number of hydrogen-bond acceptors (Lipinski definition) is 4. The Morgan fingerprint density at radius 2 is 1.88 bits per heavy atom. The smallest absolute Gasteiger partial charge is 0.145 e. The number of nitrogens with one attached hydrogen (secondary N) is 1.